The predicted molar refractivity (Wildman–Crippen MR) is 167 cm³/mol. The van der Waals surface area contributed by atoms with Gasteiger partial charge in [-0.15, -0.1) is 0 Å². The van der Waals surface area contributed by atoms with E-state index < -0.39 is 31.7 Å². The van der Waals surface area contributed by atoms with Gasteiger partial charge in [0.25, 0.3) is 0 Å². The molecule has 0 saturated heterocycles. The third-order valence-electron chi connectivity index (χ3n) is 5.75. The lowest BCUT2D eigenvalue weighted by atomic mass is 10.0. The Morgan fingerprint density at radius 2 is 1.36 bits per heavy atom. The zero-order chi connectivity index (χ0) is 29.4. The standard InChI is InChI=1S/C28H54Br2NO7P/c1-5-6-7-8-9-10-11-12-13-14-15-16-17-18-26(32)25(31-27(33)38-28(2,3)4)19-22-35-39(34,36-23-20-29)37-24-21-30/h17-18,25-26,32H,5-16,19-24H2,1-4H3,(H,31,33)/b18-17+/t25-,26+/m0/s1. The fourth-order valence-electron chi connectivity index (χ4n) is 3.78. The molecule has 0 aliphatic carbocycles. The second kappa shape index (κ2) is 24.6. The number of phosphoric ester groups is 1. The molecule has 2 N–H and O–H groups in total. The fourth-order valence-corrected chi connectivity index (χ4v) is 5.79. The SMILES string of the molecule is CCCCCCCCCCCCC/C=C/[C@@H](O)[C@H](CCOP(=O)(OCCBr)OCCBr)NC(=O)OC(C)(C)C. The van der Waals surface area contributed by atoms with Gasteiger partial charge in [0.15, 0.2) is 0 Å². The second-order valence-corrected chi connectivity index (χ2v) is 13.9. The van der Waals surface area contributed by atoms with Crippen LogP contribution in [0.3, 0.4) is 0 Å². The molecule has 0 aromatic heterocycles. The van der Waals surface area contributed by atoms with Crippen molar-refractivity contribution in [1.29, 1.82) is 0 Å². The average Bonchev–Trinajstić information content (AvgIpc) is 2.87. The summed E-state index contributed by atoms with van der Waals surface area (Å²) >= 11 is 6.45. The Labute approximate surface area is 254 Å². The normalized spacial score (nSPS) is 14.0. The van der Waals surface area contributed by atoms with Crippen LogP contribution in [0.2, 0.25) is 0 Å². The summed E-state index contributed by atoms with van der Waals surface area (Å²) in [6, 6.07) is -0.700. The van der Waals surface area contributed by atoms with Crippen molar-refractivity contribution in [3.8, 4) is 0 Å². The van der Waals surface area contributed by atoms with Crippen LogP contribution in [0.4, 0.5) is 4.79 Å². The number of halogens is 2. The van der Waals surface area contributed by atoms with Crippen LogP contribution in [0.15, 0.2) is 12.2 Å². The maximum absolute atomic E-state index is 12.8. The van der Waals surface area contributed by atoms with E-state index in [1.807, 2.05) is 6.08 Å². The minimum Gasteiger partial charge on any atom is -0.444 e. The first kappa shape index (κ1) is 39.0. The van der Waals surface area contributed by atoms with Crippen molar-refractivity contribution >= 4 is 45.8 Å². The highest BCUT2D eigenvalue weighted by Gasteiger charge is 2.28. The number of nitrogens with one attached hydrogen (secondary N) is 1. The first-order valence-electron chi connectivity index (χ1n) is 14.6. The molecule has 0 unspecified atom stereocenters. The molecule has 2 atom stereocenters. The number of alkyl halides is 2. The molecular formula is C28H54Br2NO7P. The van der Waals surface area contributed by atoms with Crippen molar-refractivity contribution in [3.63, 3.8) is 0 Å². The van der Waals surface area contributed by atoms with Gasteiger partial charge in [0.1, 0.15) is 5.60 Å². The summed E-state index contributed by atoms with van der Waals surface area (Å²) in [4.78, 5) is 12.4. The van der Waals surface area contributed by atoms with E-state index in [4.69, 9.17) is 18.3 Å². The van der Waals surface area contributed by atoms with Crippen LogP contribution in [0, 0.1) is 0 Å². The molecule has 0 rings (SSSR count). The largest absolute Gasteiger partial charge is 0.474 e. The summed E-state index contributed by atoms with van der Waals surface area (Å²) in [5.41, 5.74) is -0.677. The molecule has 0 spiro atoms. The lowest BCUT2D eigenvalue weighted by Gasteiger charge is -2.26. The number of phosphoric acid groups is 1. The molecule has 11 heteroatoms. The highest BCUT2D eigenvalue weighted by Crippen LogP contribution is 2.49. The number of alkyl carbamates (subject to hydrolysis) is 1. The van der Waals surface area contributed by atoms with Gasteiger partial charge in [0, 0.05) is 10.7 Å². The summed E-state index contributed by atoms with van der Waals surface area (Å²) in [6.45, 7) is 7.82. The molecule has 0 aromatic rings. The van der Waals surface area contributed by atoms with Gasteiger partial charge in [-0.1, -0.05) is 115 Å². The monoisotopic (exact) mass is 705 g/mol. The van der Waals surface area contributed by atoms with Crippen LogP contribution < -0.4 is 5.32 Å². The van der Waals surface area contributed by atoms with Crippen molar-refractivity contribution in [3.05, 3.63) is 12.2 Å². The minimum absolute atomic E-state index is 0.0498. The molecule has 0 aliphatic rings. The summed E-state index contributed by atoms with van der Waals surface area (Å²) in [5, 5.41) is 14.5. The van der Waals surface area contributed by atoms with E-state index in [2.05, 4.69) is 44.1 Å². The van der Waals surface area contributed by atoms with E-state index in [0.717, 1.165) is 12.8 Å². The van der Waals surface area contributed by atoms with Crippen LogP contribution in [0.1, 0.15) is 111 Å². The maximum Gasteiger partial charge on any atom is 0.474 e. The number of unbranched alkanes of at least 4 members (excludes halogenated alkanes) is 11. The predicted octanol–water partition coefficient (Wildman–Crippen LogP) is 8.84. The van der Waals surface area contributed by atoms with E-state index >= 15 is 0 Å². The van der Waals surface area contributed by atoms with Crippen molar-refractivity contribution in [1.82, 2.24) is 5.32 Å². The molecule has 0 aliphatic heterocycles. The molecule has 232 valence electrons. The quantitative estimate of drug-likeness (QED) is 0.0423. The molecule has 0 radical (unpaired) electrons. The van der Waals surface area contributed by atoms with Crippen molar-refractivity contribution < 1.29 is 32.8 Å². The van der Waals surface area contributed by atoms with Crippen LogP contribution >= 0.6 is 39.7 Å². The van der Waals surface area contributed by atoms with Gasteiger partial charge in [-0.3, -0.25) is 13.6 Å². The van der Waals surface area contributed by atoms with Crippen molar-refractivity contribution in [2.75, 3.05) is 30.5 Å². The summed E-state index contributed by atoms with van der Waals surface area (Å²) < 4.78 is 34.2. The Hall–Kier alpha value is 0.0400. The number of amides is 1. The third kappa shape index (κ3) is 24.4. The van der Waals surface area contributed by atoms with Gasteiger partial charge in [-0.25, -0.2) is 9.36 Å². The Morgan fingerprint density at radius 1 is 0.872 bits per heavy atom. The Kier molecular flexibility index (Phi) is 24.6. The van der Waals surface area contributed by atoms with Crippen LogP contribution in [-0.4, -0.2) is 59.4 Å². The van der Waals surface area contributed by atoms with Crippen LogP contribution in [-0.2, 0) is 22.9 Å². The van der Waals surface area contributed by atoms with Crippen LogP contribution in [0.25, 0.3) is 0 Å². The number of aliphatic hydroxyl groups is 1. The van der Waals surface area contributed by atoms with Gasteiger partial charge in [0.05, 0.1) is 32.0 Å². The number of aliphatic hydroxyl groups excluding tert-OH is 1. The molecular weight excluding hydrogens is 653 g/mol. The lowest BCUT2D eigenvalue weighted by Crippen LogP contribution is -2.45. The van der Waals surface area contributed by atoms with Gasteiger partial charge in [-0.05, 0) is 40.0 Å². The third-order valence-corrected chi connectivity index (χ3v) is 7.90. The zero-order valence-corrected chi connectivity index (χ0v) is 28.7. The number of rotatable bonds is 25. The first-order chi connectivity index (χ1) is 18.6. The smallest absolute Gasteiger partial charge is 0.444 e. The molecule has 1 amide bonds. The van der Waals surface area contributed by atoms with E-state index in [1.165, 1.54) is 64.2 Å². The lowest BCUT2D eigenvalue weighted by molar-refractivity contribution is 0.0434. The maximum atomic E-state index is 12.8. The summed E-state index contributed by atoms with van der Waals surface area (Å²) in [7, 11) is -3.76. The molecule has 8 nitrogen and oxygen atoms in total. The number of carbonyl (C=O) groups excluding carboxylic acids is 1. The second-order valence-electron chi connectivity index (χ2n) is 10.6. The van der Waals surface area contributed by atoms with Gasteiger partial charge in [0.2, 0.25) is 0 Å². The first-order valence-corrected chi connectivity index (χ1v) is 18.3. The number of ether oxygens (including phenoxy) is 1. The molecule has 39 heavy (non-hydrogen) atoms. The van der Waals surface area contributed by atoms with Crippen molar-refractivity contribution in [2.45, 2.75) is 129 Å². The summed E-state index contributed by atoms with van der Waals surface area (Å²) in [5.74, 6) is 0. The molecule has 0 heterocycles. The molecule has 0 fully saturated rings. The minimum atomic E-state index is -3.76. The Balaban J connectivity index is 4.64. The number of allylic oxidation sites excluding steroid dienone is 1. The Morgan fingerprint density at radius 3 is 1.85 bits per heavy atom. The number of hydrogen-bond acceptors (Lipinski definition) is 7. The van der Waals surface area contributed by atoms with Crippen LogP contribution in [0.5, 0.6) is 0 Å². The van der Waals surface area contributed by atoms with Gasteiger partial charge < -0.3 is 15.2 Å². The Bertz CT molecular complexity index is 665. The molecule has 0 bridgehead atoms. The summed E-state index contributed by atoms with van der Waals surface area (Å²) in [6.07, 6.45) is 17.2. The highest BCUT2D eigenvalue weighted by molar-refractivity contribution is 9.09. The van der Waals surface area contributed by atoms with Crippen molar-refractivity contribution in [2.24, 2.45) is 0 Å². The zero-order valence-electron chi connectivity index (χ0n) is 24.6. The molecule has 0 saturated carbocycles. The van der Waals surface area contributed by atoms with E-state index in [-0.39, 0.29) is 26.2 Å². The number of hydrogen-bond donors (Lipinski definition) is 2. The van der Waals surface area contributed by atoms with E-state index in [1.54, 1.807) is 26.8 Å². The fraction of sp³-hybridized carbons (Fsp3) is 0.893. The van der Waals surface area contributed by atoms with E-state index in [0.29, 0.717) is 10.7 Å². The van der Waals surface area contributed by atoms with Gasteiger partial charge >= 0.3 is 13.9 Å². The topological polar surface area (TPSA) is 103 Å². The average molecular weight is 708 g/mol. The molecule has 0 aromatic carbocycles. The van der Waals surface area contributed by atoms with Gasteiger partial charge in [-0.2, -0.15) is 0 Å². The highest BCUT2D eigenvalue weighted by atomic mass is 79.9. The van der Waals surface area contributed by atoms with E-state index in [9.17, 15) is 14.5 Å². The number of carbonyl (C=O) groups is 1.